The molecule has 1 heterocycles. The van der Waals surface area contributed by atoms with Crippen molar-refractivity contribution >= 4 is 17.5 Å². The molecule has 0 spiro atoms. The standard InChI is InChI=1S/C14H10ClN3O/c1-8-12(7-16)11(6-13(18-8)14(17)19)9-2-4-10(15)5-3-9/h2-6H,1H3,(H2,17,19). The number of nitrogens with zero attached hydrogens (tertiary/aromatic N) is 2. The van der Waals surface area contributed by atoms with Crippen LogP contribution < -0.4 is 5.73 Å². The molecular formula is C14H10ClN3O. The Bertz CT molecular complexity index is 687. The van der Waals surface area contributed by atoms with Gasteiger partial charge in [0.1, 0.15) is 11.8 Å². The molecular weight excluding hydrogens is 262 g/mol. The van der Waals surface area contributed by atoms with Crippen LogP contribution in [0.4, 0.5) is 0 Å². The van der Waals surface area contributed by atoms with Gasteiger partial charge in [0.15, 0.2) is 0 Å². The number of amides is 1. The highest BCUT2D eigenvalue weighted by Crippen LogP contribution is 2.27. The number of nitriles is 1. The molecule has 2 rings (SSSR count). The number of aromatic nitrogens is 1. The fourth-order valence-electron chi connectivity index (χ4n) is 1.80. The molecule has 0 aliphatic rings. The van der Waals surface area contributed by atoms with Gasteiger partial charge in [0.05, 0.1) is 11.3 Å². The molecule has 1 aromatic heterocycles. The maximum Gasteiger partial charge on any atom is 0.267 e. The Morgan fingerprint density at radius 3 is 2.53 bits per heavy atom. The lowest BCUT2D eigenvalue weighted by atomic mass is 9.99. The van der Waals surface area contributed by atoms with Crippen molar-refractivity contribution in [3.63, 3.8) is 0 Å². The molecule has 2 N–H and O–H groups in total. The van der Waals surface area contributed by atoms with Crippen molar-refractivity contribution in [1.29, 1.82) is 5.26 Å². The maximum atomic E-state index is 11.2. The van der Waals surface area contributed by atoms with E-state index in [-0.39, 0.29) is 5.69 Å². The second-order valence-electron chi connectivity index (χ2n) is 4.00. The Balaban J connectivity index is 2.70. The predicted molar refractivity (Wildman–Crippen MR) is 72.7 cm³/mol. The molecule has 0 fully saturated rings. The van der Waals surface area contributed by atoms with Crippen LogP contribution in [0.2, 0.25) is 5.02 Å². The molecule has 5 heteroatoms. The third kappa shape index (κ3) is 2.56. The van der Waals surface area contributed by atoms with Gasteiger partial charge in [-0.3, -0.25) is 4.79 Å². The van der Waals surface area contributed by atoms with Crippen molar-refractivity contribution in [1.82, 2.24) is 4.98 Å². The molecule has 19 heavy (non-hydrogen) atoms. The van der Waals surface area contributed by atoms with E-state index in [1.54, 1.807) is 31.2 Å². The summed E-state index contributed by atoms with van der Waals surface area (Å²) in [4.78, 5) is 15.3. The number of primary amides is 1. The van der Waals surface area contributed by atoms with Gasteiger partial charge in [-0.1, -0.05) is 23.7 Å². The van der Waals surface area contributed by atoms with Gasteiger partial charge in [0.25, 0.3) is 5.91 Å². The number of hydrogen-bond acceptors (Lipinski definition) is 3. The summed E-state index contributed by atoms with van der Waals surface area (Å²) in [6.45, 7) is 1.67. The Labute approximate surface area is 115 Å². The molecule has 0 atom stereocenters. The molecule has 1 aromatic carbocycles. The van der Waals surface area contributed by atoms with Gasteiger partial charge in [0.2, 0.25) is 0 Å². The number of aryl methyl sites for hydroxylation is 1. The molecule has 0 unspecified atom stereocenters. The minimum absolute atomic E-state index is 0.140. The molecule has 0 radical (unpaired) electrons. The van der Waals surface area contributed by atoms with Crippen molar-refractivity contribution in [3.8, 4) is 17.2 Å². The minimum Gasteiger partial charge on any atom is -0.364 e. The second kappa shape index (κ2) is 5.09. The first-order chi connectivity index (χ1) is 9.02. The highest BCUT2D eigenvalue weighted by molar-refractivity contribution is 6.30. The molecule has 0 saturated carbocycles. The highest BCUT2D eigenvalue weighted by Gasteiger charge is 2.13. The summed E-state index contributed by atoms with van der Waals surface area (Å²) in [5, 5.41) is 9.81. The minimum atomic E-state index is -0.622. The number of carbonyl (C=O) groups is 1. The van der Waals surface area contributed by atoms with Crippen LogP contribution in [0.25, 0.3) is 11.1 Å². The topological polar surface area (TPSA) is 79.8 Å². The quantitative estimate of drug-likeness (QED) is 0.912. The average Bonchev–Trinajstić information content (AvgIpc) is 2.38. The summed E-state index contributed by atoms with van der Waals surface area (Å²) in [5.74, 6) is -0.622. The van der Waals surface area contributed by atoms with Crippen molar-refractivity contribution in [2.24, 2.45) is 5.73 Å². The van der Waals surface area contributed by atoms with Crippen LogP contribution in [0.15, 0.2) is 30.3 Å². The van der Waals surface area contributed by atoms with Gasteiger partial charge >= 0.3 is 0 Å². The van der Waals surface area contributed by atoms with Gasteiger partial charge in [0, 0.05) is 10.6 Å². The first-order valence-corrected chi connectivity index (χ1v) is 5.88. The Hall–Kier alpha value is -2.38. The molecule has 0 saturated heterocycles. The van der Waals surface area contributed by atoms with Gasteiger partial charge in [-0.25, -0.2) is 4.98 Å². The zero-order valence-electron chi connectivity index (χ0n) is 10.1. The van der Waals surface area contributed by atoms with E-state index in [4.69, 9.17) is 17.3 Å². The van der Waals surface area contributed by atoms with E-state index in [1.165, 1.54) is 6.07 Å². The van der Waals surface area contributed by atoms with Crippen molar-refractivity contribution in [3.05, 3.63) is 52.3 Å². The van der Waals surface area contributed by atoms with E-state index >= 15 is 0 Å². The van der Waals surface area contributed by atoms with Crippen LogP contribution in [0, 0.1) is 18.3 Å². The van der Waals surface area contributed by atoms with Crippen LogP contribution in [0.3, 0.4) is 0 Å². The number of benzene rings is 1. The fourth-order valence-corrected chi connectivity index (χ4v) is 1.92. The summed E-state index contributed by atoms with van der Waals surface area (Å²) >= 11 is 5.83. The van der Waals surface area contributed by atoms with Crippen LogP contribution in [0.5, 0.6) is 0 Å². The third-order valence-electron chi connectivity index (χ3n) is 2.72. The number of halogens is 1. The number of nitrogens with two attached hydrogens (primary N) is 1. The summed E-state index contributed by atoms with van der Waals surface area (Å²) in [6.07, 6.45) is 0. The van der Waals surface area contributed by atoms with E-state index in [0.717, 1.165) is 5.56 Å². The summed E-state index contributed by atoms with van der Waals surface area (Å²) < 4.78 is 0. The Morgan fingerprint density at radius 1 is 1.37 bits per heavy atom. The SMILES string of the molecule is Cc1nc(C(N)=O)cc(-c2ccc(Cl)cc2)c1C#N. The first-order valence-electron chi connectivity index (χ1n) is 5.50. The van der Waals surface area contributed by atoms with Crippen LogP contribution in [-0.4, -0.2) is 10.9 Å². The molecule has 0 bridgehead atoms. The molecule has 1 amide bonds. The van der Waals surface area contributed by atoms with Gasteiger partial charge in [-0.2, -0.15) is 5.26 Å². The lowest BCUT2D eigenvalue weighted by Gasteiger charge is -2.08. The van der Waals surface area contributed by atoms with Crippen LogP contribution >= 0.6 is 11.6 Å². The lowest BCUT2D eigenvalue weighted by molar-refractivity contribution is 0.0995. The molecule has 4 nitrogen and oxygen atoms in total. The van der Waals surface area contributed by atoms with E-state index in [2.05, 4.69) is 11.1 Å². The number of rotatable bonds is 2. The third-order valence-corrected chi connectivity index (χ3v) is 2.97. The number of carbonyl (C=O) groups excluding carboxylic acids is 1. The summed E-state index contributed by atoms with van der Waals surface area (Å²) in [5.41, 5.74) is 7.69. The molecule has 0 aliphatic carbocycles. The monoisotopic (exact) mass is 271 g/mol. The maximum absolute atomic E-state index is 11.2. The first kappa shape index (κ1) is 13.1. The average molecular weight is 272 g/mol. The van der Waals surface area contributed by atoms with E-state index < -0.39 is 5.91 Å². The van der Waals surface area contributed by atoms with Crippen molar-refractivity contribution in [2.75, 3.05) is 0 Å². The van der Waals surface area contributed by atoms with Gasteiger partial charge in [-0.15, -0.1) is 0 Å². The largest absolute Gasteiger partial charge is 0.364 e. The predicted octanol–water partition coefficient (Wildman–Crippen LogP) is 2.68. The molecule has 0 aliphatic heterocycles. The Morgan fingerprint density at radius 2 is 2.00 bits per heavy atom. The zero-order chi connectivity index (χ0) is 14.0. The van der Waals surface area contributed by atoms with E-state index in [9.17, 15) is 10.1 Å². The summed E-state index contributed by atoms with van der Waals surface area (Å²) in [6, 6.07) is 10.6. The number of hydrogen-bond donors (Lipinski definition) is 1. The van der Waals surface area contributed by atoms with Crippen LogP contribution in [0.1, 0.15) is 21.7 Å². The summed E-state index contributed by atoms with van der Waals surface area (Å²) in [7, 11) is 0. The van der Waals surface area contributed by atoms with E-state index in [0.29, 0.717) is 21.8 Å². The highest BCUT2D eigenvalue weighted by atomic mass is 35.5. The number of pyridine rings is 1. The fraction of sp³-hybridized carbons (Fsp3) is 0.0714. The van der Waals surface area contributed by atoms with Gasteiger partial charge < -0.3 is 5.73 Å². The van der Waals surface area contributed by atoms with Crippen molar-refractivity contribution < 1.29 is 4.79 Å². The zero-order valence-corrected chi connectivity index (χ0v) is 10.9. The second-order valence-corrected chi connectivity index (χ2v) is 4.43. The Kier molecular flexibility index (Phi) is 3.50. The normalized spacial score (nSPS) is 9.95. The van der Waals surface area contributed by atoms with Gasteiger partial charge in [-0.05, 0) is 30.7 Å². The molecule has 2 aromatic rings. The lowest BCUT2D eigenvalue weighted by Crippen LogP contribution is -2.14. The van der Waals surface area contributed by atoms with Crippen molar-refractivity contribution in [2.45, 2.75) is 6.92 Å². The molecule has 94 valence electrons. The van der Waals surface area contributed by atoms with E-state index in [1.807, 2.05) is 0 Å². The van der Waals surface area contributed by atoms with Crippen LogP contribution in [-0.2, 0) is 0 Å². The smallest absolute Gasteiger partial charge is 0.267 e.